The zero-order valence-electron chi connectivity index (χ0n) is 9.85. The van der Waals surface area contributed by atoms with Crippen LogP contribution in [0.15, 0.2) is 38.6 Å². The van der Waals surface area contributed by atoms with Gasteiger partial charge in [-0.3, -0.25) is 4.79 Å². The van der Waals surface area contributed by atoms with E-state index in [1.165, 1.54) is 16.2 Å². The summed E-state index contributed by atoms with van der Waals surface area (Å²) < 4.78 is 1.75. The number of anilines is 1. The van der Waals surface area contributed by atoms with Gasteiger partial charge in [-0.2, -0.15) is 5.26 Å². The molecule has 6 heteroatoms. The maximum Gasteiger partial charge on any atom is 0.268 e. The number of rotatable bonds is 2. The molecule has 0 aliphatic carbocycles. The molecule has 1 amide bonds. The van der Waals surface area contributed by atoms with Crippen LogP contribution < -0.4 is 4.90 Å². The summed E-state index contributed by atoms with van der Waals surface area (Å²) in [5.41, 5.74) is 1.23. The highest BCUT2D eigenvalue weighted by molar-refractivity contribution is 9.13. The highest BCUT2D eigenvalue weighted by atomic mass is 79.9. The number of nitrogens with zero attached hydrogens (tertiary/aromatic N) is 2. The minimum Gasteiger partial charge on any atom is -0.311 e. The number of hydrogen-bond acceptors (Lipinski definition) is 3. The molecular weight excluding hydrogens is 392 g/mol. The predicted octanol–water partition coefficient (Wildman–Crippen LogP) is 4.42. The fraction of sp³-hybridized carbons (Fsp3) is 0.0769. The van der Waals surface area contributed by atoms with Crippen molar-refractivity contribution in [2.75, 3.05) is 11.9 Å². The largest absolute Gasteiger partial charge is 0.311 e. The van der Waals surface area contributed by atoms with Crippen LogP contribution in [0.5, 0.6) is 0 Å². The molecule has 0 spiro atoms. The molecule has 3 nitrogen and oxygen atoms in total. The van der Waals surface area contributed by atoms with Crippen LogP contribution in [-0.2, 0) is 0 Å². The van der Waals surface area contributed by atoms with Crippen molar-refractivity contribution in [1.29, 1.82) is 5.26 Å². The predicted molar refractivity (Wildman–Crippen MR) is 83.6 cm³/mol. The number of carbonyl (C=O) groups excluding carboxylic acids is 1. The first-order valence-electron chi connectivity index (χ1n) is 5.26. The van der Waals surface area contributed by atoms with Gasteiger partial charge >= 0.3 is 0 Å². The van der Waals surface area contributed by atoms with Crippen LogP contribution >= 0.6 is 43.2 Å². The Labute approximate surface area is 131 Å². The number of halogens is 2. The Hall–Kier alpha value is -1.16. The molecule has 19 heavy (non-hydrogen) atoms. The van der Waals surface area contributed by atoms with Gasteiger partial charge in [0.1, 0.15) is 0 Å². The van der Waals surface area contributed by atoms with E-state index in [9.17, 15) is 4.79 Å². The molecule has 96 valence electrons. The number of amides is 1. The van der Waals surface area contributed by atoms with Gasteiger partial charge in [0.15, 0.2) is 0 Å². The number of carbonyl (C=O) groups is 1. The fourth-order valence-electron chi connectivity index (χ4n) is 1.52. The fourth-order valence-corrected chi connectivity index (χ4v) is 3.53. The van der Waals surface area contributed by atoms with Crippen LogP contribution in [0, 0.1) is 11.3 Å². The number of hydrogen-bond donors (Lipinski definition) is 0. The first-order valence-corrected chi connectivity index (χ1v) is 7.66. The molecule has 0 aliphatic heterocycles. The first kappa shape index (κ1) is 14.3. The molecule has 0 N–H and O–H groups in total. The van der Waals surface area contributed by atoms with E-state index in [-0.39, 0.29) is 5.91 Å². The SMILES string of the molecule is CN(C(=O)c1cc(Br)c(Br)s1)c1cccc(C#N)c1. The summed E-state index contributed by atoms with van der Waals surface area (Å²) in [5.74, 6) is -0.105. The van der Waals surface area contributed by atoms with E-state index in [1.54, 1.807) is 37.4 Å². The van der Waals surface area contributed by atoms with Gasteiger partial charge in [0.05, 0.1) is 20.3 Å². The van der Waals surface area contributed by atoms with Crippen molar-refractivity contribution in [2.45, 2.75) is 0 Å². The van der Waals surface area contributed by atoms with Crippen LogP contribution in [-0.4, -0.2) is 13.0 Å². The Morgan fingerprint density at radius 1 is 1.37 bits per heavy atom. The summed E-state index contributed by atoms with van der Waals surface area (Å²) >= 11 is 8.10. The molecule has 0 atom stereocenters. The Bertz CT molecular complexity index is 656. The average Bonchev–Trinajstić information content (AvgIpc) is 2.77. The second-order valence-electron chi connectivity index (χ2n) is 3.76. The van der Waals surface area contributed by atoms with Gasteiger partial charge in [0.25, 0.3) is 5.91 Å². The van der Waals surface area contributed by atoms with Gasteiger partial charge in [-0.1, -0.05) is 6.07 Å². The molecular formula is C13H8Br2N2OS. The van der Waals surface area contributed by atoms with Crippen LogP contribution in [0.1, 0.15) is 15.2 Å². The second-order valence-corrected chi connectivity index (χ2v) is 6.98. The maximum absolute atomic E-state index is 12.3. The van der Waals surface area contributed by atoms with E-state index >= 15 is 0 Å². The van der Waals surface area contributed by atoms with Crippen molar-refractivity contribution in [3.63, 3.8) is 0 Å². The molecule has 2 aromatic rings. The number of nitriles is 1. The lowest BCUT2D eigenvalue weighted by molar-refractivity contribution is 0.0997. The highest BCUT2D eigenvalue weighted by Gasteiger charge is 2.17. The van der Waals surface area contributed by atoms with E-state index in [0.29, 0.717) is 16.1 Å². The molecule has 0 bridgehead atoms. The smallest absolute Gasteiger partial charge is 0.268 e. The van der Waals surface area contributed by atoms with Gasteiger partial charge in [-0.15, -0.1) is 11.3 Å². The summed E-state index contributed by atoms with van der Waals surface area (Å²) in [5, 5.41) is 8.88. The Balaban J connectivity index is 2.30. The summed E-state index contributed by atoms with van der Waals surface area (Å²) in [6.07, 6.45) is 0. The van der Waals surface area contributed by atoms with E-state index < -0.39 is 0 Å². The average molecular weight is 400 g/mol. The molecule has 1 aromatic heterocycles. The van der Waals surface area contributed by atoms with Crippen LogP contribution in [0.3, 0.4) is 0 Å². The van der Waals surface area contributed by atoms with Gasteiger partial charge in [-0.05, 0) is 56.1 Å². The van der Waals surface area contributed by atoms with Crippen molar-refractivity contribution in [3.05, 3.63) is 49.0 Å². The molecule has 0 aliphatic rings. The molecule has 2 rings (SSSR count). The van der Waals surface area contributed by atoms with Gasteiger partial charge in [0, 0.05) is 17.2 Å². The standard InChI is InChI=1S/C13H8Br2N2OS/c1-17(9-4-2-3-8(5-9)7-16)13(18)11-6-10(14)12(15)19-11/h2-6H,1H3. The number of thiophene rings is 1. The summed E-state index contributed by atoms with van der Waals surface area (Å²) in [6, 6.07) is 10.8. The normalized spacial score (nSPS) is 10.0. The monoisotopic (exact) mass is 398 g/mol. The summed E-state index contributed by atoms with van der Waals surface area (Å²) in [4.78, 5) is 14.5. The zero-order chi connectivity index (χ0) is 14.0. The lowest BCUT2D eigenvalue weighted by Gasteiger charge is -2.16. The van der Waals surface area contributed by atoms with Crippen LogP contribution in [0.2, 0.25) is 0 Å². The van der Waals surface area contributed by atoms with Crippen molar-refractivity contribution < 1.29 is 4.79 Å². The van der Waals surface area contributed by atoms with Crippen LogP contribution in [0.25, 0.3) is 0 Å². The molecule has 1 aromatic carbocycles. The lowest BCUT2D eigenvalue weighted by atomic mass is 10.2. The summed E-state index contributed by atoms with van der Waals surface area (Å²) in [6.45, 7) is 0. The topological polar surface area (TPSA) is 44.1 Å². The Kier molecular flexibility index (Phi) is 4.40. The third-order valence-electron chi connectivity index (χ3n) is 2.52. The van der Waals surface area contributed by atoms with E-state index in [2.05, 4.69) is 37.9 Å². The van der Waals surface area contributed by atoms with Crippen molar-refractivity contribution in [3.8, 4) is 6.07 Å². The van der Waals surface area contributed by atoms with Gasteiger partial charge in [0.2, 0.25) is 0 Å². The molecule has 0 unspecified atom stereocenters. The van der Waals surface area contributed by atoms with Gasteiger partial charge in [-0.25, -0.2) is 0 Å². The minimum absolute atomic E-state index is 0.105. The third-order valence-corrected chi connectivity index (χ3v) is 5.77. The van der Waals surface area contributed by atoms with Crippen LogP contribution in [0.4, 0.5) is 5.69 Å². The van der Waals surface area contributed by atoms with Gasteiger partial charge < -0.3 is 4.90 Å². The Morgan fingerprint density at radius 3 is 2.68 bits per heavy atom. The zero-order valence-corrected chi connectivity index (χ0v) is 13.8. The third kappa shape index (κ3) is 3.06. The number of benzene rings is 1. The molecule has 0 fully saturated rings. The first-order chi connectivity index (χ1) is 9.02. The molecule has 0 radical (unpaired) electrons. The molecule has 0 saturated carbocycles. The highest BCUT2D eigenvalue weighted by Crippen LogP contribution is 2.33. The molecule has 1 heterocycles. The van der Waals surface area contributed by atoms with Crippen molar-refractivity contribution in [1.82, 2.24) is 0 Å². The van der Waals surface area contributed by atoms with E-state index in [4.69, 9.17) is 5.26 Å². The van der Waals surface area contributed by atoms with Crippen molar-refractivity contribution in [2.24, 2.45) is 0 Å². The maximum atomic E-state index is 12.3. The van der Waals surface area contributed by atoms with E-state index in [1.807, 2.05) is 0 Å². The molecule has 0 saturated heterocycles. The van der Waals surface area contributed by atoms with Crippen molar-refractivity contribution >= 4 is 54.8 Å². The second kappa shape index (κ2) is 5.87. The summed E-state index contributed by atoms with van der Waals surface area (Å²) in [7, 11) is 1.69. The Morgan fingerprint density at radius 2 is 2.11 bits per heavy atom. The lowest BCUT2D eigenvalue weighted by Crippen LogP contribution is -2.25. The van der Waals surface area contributed by atoms with E-state index in [0.717, 1.165) is 8.26 Å². The quantitative estimate of drug-likeness (QED) is 0.750. The minimum atomic E-state index is -0.105.